The Hall–Kier alpha value is -1.50. The second-order valence-corrected chi connectivity index (χ2v) is 3.47. The second kappa shape index (κ2) is 8.63. The van der Waals surface area contributed by atoms with Gasteiger partial charge in [0.25, 0.3) is 0 Å². The highest BCUT2D eigenvalue weighted by molar-refractivity contribution is 5.45. The zero-order valence-corrected chi connectivity index (χ0v) is 10.1. The molecule has 0 bridgehead atoms. The highest BCUT2D eigenvalue weighted by atomic mass is 16.5. The summed E-state index contributed by atoms with van der Waals surface area (Å²) in [5, 5.41) is 8.67. The van der Waals surface area contributed by atoms with Gasteiger partial charge in [-0.25, -0.2) is 0 Å². The summed E-state index contributed by atoms with van der Waals surface area (Å²) in [7, 11) is 1.67. The molecule has 0 aliphatic heterocycles. The van der Waals surface area contributed by atoms with Crippen LogP contribution in [0.5, 0.6) is 5.75 Å². The lowest BCUT2D eigenvalue weighted by molar-refractivity contribution is 0.172. The van der Waals surface area contributed by atoms with Crippen LogP contribution in [0.1, 0.15) is 18.4 Å². The molecule has 0 saturated heterocycles. The van der Waals surface area contributed by atoms with Crippen LogP contribution in [0.4, 0.5) is 0 Å². The maximum Gasteiger partial charge on any atom is 0.134 e. The van der Waals surface area contributed by atoms with Gasteiger partial charge < -0.3 is 14.6 Å². The van der Waals surface area contributed by atoms with E-state index in [1.54, 1.807) is 7.11 Å². The van der Waals surface area contributed by atoms with Crippen molar-refractivity contribution in [3.8, 4) is 17.6 Å². The van der Waals surface area contributed by atoms with Gasteiger partial charge in [0.2, 0.25) is 0 Å². The van der Waals surface area contributed by atoms with E-state index < -0.39 is 0 Å². The van der Waals surface area contributed by atoms with E-state index in [0.29, 0.717) is 19.6 Å². The van der Waals surface area contributed by atoms with Crippen LogP contribution in [0.15, 0.2) is 24.3 Å². The Bertz CT molecular complexity index is 377. The van der Waals surface area contributed by atoms with Crippen molar-refractivity contribution >= 4 is 0 Å². The van der Waals surface area contributed by atoms with Gasteiger partial charge in [-0.05, 0) is 12.1 Å². The molecule has 0 spiro atoms. The van der Waals surface area contributed by atoms with Gasteiger partial charge >= 0.3 is 0 Å². The first kappa shape index (κ1) is 13.6. The molecule has 92 valence electrons. The number of methoxy groups -OCH3 is 1. The van der Waals surface area contributed by atoms with E-state index in [0.717, 1.165) is 17.7 Å². The first-order valence-electron chi connectivity index (χ1n) is 5.69. The van der Waals surface area contributed by atoms with Gasteiger partial charge in [0.05, 0.1) is 18.8 Å². The third-order valence-electron chi connectivity index (χ3n) is 2.10. The van der Waals surface area contributed by atoms with Crippen LogP contribution < -0.4 is 4.74 Å². The average molecular weight is 234 g/mol. The number of hydrogen-bond donors (Lipinski definition) is 1. The third-order valence-corrected chi connectivity index (χ3v) is 2.10. The zero-order chi connectivity index (χ0) is 12.3. The lowest BCUT2D eigenvalue weighted by Crippen LogP contribution is -2.02. The standard InChI is InChI=1S/C14H18O3/c1-16-11-6-12-17-14-9-3-2-7-13(14)8-4-5-10-15/h2-3,7,9,15H,5-6,10-12H2,1H3. The predicted molar refractivity (Wildman–Crippen MR) is 67.0 cm³/mol. The molecule has 1 rings (SSSR count). The smallest absolute Gasteiger partial charge is 0.134 e. The summed E-state index contributed by atoms with van der Waals surface area (Å²) in [6.07, 6.45) is 1.34. The minimum atomic E-state index is 0.0872. The van der Waals surface area contributed by atoms with Gasteiger partial charge in [-0.1, -0.05) is 24.0 Å². The lowest BCUT2D eigenvalue weighted by atomic mass is 10.2. The van der Waals surface area contributed by atoms with Crippen molar-refractivity contribution in [2.24, 2.45) is 0 Å². The largest absolute Gasteiger partial charge is 0.492 e. The van der Waals surface area contributed by atoms with E-state index in [9.17, 15) is 0 Å². The molecule has 0 fully saturated rings. The lowest BCUT2D eigenvalue weighted by Gasteiger charge is -2.07. The van der Waals surface area contributed by atoms with Gasteiger partial charge in [-0.2, -0.15) is 0 Å². The minimum absolute atomic E-state index is 0.0872. The molecule has 0 saturated carbocycles. The highest BCUT2D eigenvalue weighted by Crippen LogP contribution is 2.16. The summed E-state index contributed by atoms with van der Waals surface area (Å²) in [6, 6.07) is 7.65. The number of para-hydroxylation sites is 1. The highest BCUT2D eigenvalue weighted by Gasteiger charge is 1.99. The Morgan fingerprint density at radius 2 is 2.06 bits per heavy atom. The van der Waals surface area contributed by atoms with Crippen molar-refractivity contribution in [2.45, 2.75) is 12.8 Å². The number of benzene rings is 1. The fourth-order valence-electron chi connectivity index (χ4n) is 1.29. The van der Waals surface area contributed by atoms with E-state index in [4.69, 9.17) is 14.6 Å². The van der Waals surface area contributed by atoms with E-state index in [2.05, 4.69) is 11.8 Å². The van der Waals surface area contributed by atoms with Gasteiger partial charge in [0.1, 0.15) is 5.75 Å². The summed E-state index contributed by atoms with van der Waals surface area (Å²) in [4.78, 5) is 0. The fourth-order valence-corrected chi connectivity index (χ4v) is 1.29. The first-order valence-corrected chi connectivity index (χ1v) is 5.69. The van der Waals surface area contributed by atoms with Crippen molar-refractivity contribution in [3.05, 3.63) is 29.8 Å². The Kier molecular flexibility index (Phi) is 6.89. The Morgan fingerprint density at radius 3 is 2.82 bits per heavy atom. The molecule has 0 amide bonds. The second-order valence-electron chi connectivity index (χ2n) is 3.47. The molecule has 3 nitrogen and oxygen atoms in total. The summed E-state index contributed by atoms with van der Waals surface area (Å²) < 4.78 is 10.6. The number of rotatable bonds is 6. The zero-order valence-electron chi connectivity index (χ0n) is 10.1. The van der Waals surface area contributed by atoms with Crippen LogP contribution >= 0.6 is 0 Å². The van der Waals surface area contributed by atoms with Gasteiger partial charge in [0, 0.05) is 26.6 Å². The van der Waals surface area contributed by atoms with Crippen molar-refractivity contribution in [3.63, 3.8) is 0 Å². The molecule has 0 aliphatic carbocycles. The molecule has 1 N–H and O–H groups in total. The number of ether oxygens (including phenoxy) is 2. The maximum atomic E-state index is 8.67. The number of aliphatic hydroxyl groups excluding tert-OH is 1. The topological polar surface area (TPSA) is 38.7 Å². The summed E-state index contributed by atoms with van der Waals surface area (Å²) in [6.45, 7) is 1.40. The van der Waals surface area contributed by atoms with Gasteiger partial charge in [-0.3, -0.25) is 0 Å². The molecule has 0 radical (unpaired) electrons. The van der Waals surface area contributed by atoms with E-state index in [1.807, 2.05) is 24.3 Å². The van der Waals surface area contributed by atoms with Crippen LogP contribution in [0.2, 0.25) is 0 Å². The Morgan fingerprint density at radius 1 is 1.24 bits per heavy atom. The Balaban J connectivity index is 2.56. The molecule has 0 atom stereocenters. The van der Waals surface area contributed by atoms with Crippen LogP contribution in [0, 0.1) is 11.8 Å². The van der Waals surface area contributed by atoms with Crippen molar-refractivity contribution in [2.75, 3.05) is 26.9 Å². The molecular formula is C14H18O3. The summed E-state index contributed by atoms with van der Waals surface area (Å²) in [5.74, 6) is 6.66. The van der Waals surface area contributed by atoms with Gasteiger partial charge in [-0.15, -0.1) is 0 Å². The van der Waals surface area contributed by atoms with Crippen LogP contribution in [-0.4, -0.2) is 32.0 Å². The molecule has 1 aromatic carbocycles. The monoisotopic (exact) mass is 234 g/mol. The molecule has 17 heavy (non-hydrogen) atoms. The molecule has 0 aromatic heterocycles. The summed E-state index contributed by atoms with van der Waals surface area (Å²) >= 11 is 0. The quantitative estimate of drug-likeness (QED) is 0.603. The van der Waals surface area contributed by atoms with E-state index in [-0.39, 0.29) is 6.61 Å². The average Bonchev–Trinajstić information content (AvgIpc) is 2.36. The molecular weight excluding hydrogens is 216 g/mol. The molecule has 0 unspecified atom stereocenters. The van der Waals surface area contributed by atoms with Gasteiger partial charge in [0.15, 0.2) is 0 Å². The van der Waals surface area contributed by atoms with E-state index >= 15 is 0 Å². The summed E-state index contributed by atoms with van der Waals surface area (Å²) in [5.41, 5.74) is 0.860. The maximum absolute atomic E-state index is 8.67. The van der Waals surface area contributed by atoms with Crippen molar-refractivity contribution < 1.29 is 14.6 Å². The molecule has 0 heterocycles. The normalized spacial score (nSPS) is 9.53. The van der Waals surface area contributed by atoms with Crippen LogP contribution in [0.3, 0.4) is 0 Å². The minimum Gasteiger partial charge on any atom is -0.492 e. The van der Waals surface area contributed by atoms with Crippen molar-refractivity contribution in [1.82, 2.24) is 0 Å². The predicted octanol–water partition coefficient (Wildman–Crippen LogP) is 1.84. The molecule has 1 aromatic rings. The number of aliphatic hydroxyl groups is 1. The van der Waals surface area contributed by atoms with Crippen LogP contribution in [0.25, 0.3) is 0 Å². The fraction of sp³-hybridized carbons (Fsp3) is 0.429. The molecule has 3 heteroatoms. The van der Waals surface area contributed by atoms with Crippen molar-refractivity contribution in [1.29, 1.82) is 0 Å². The van der Waals surface area contributed by atoms with E-state index in [1.165, 1.54) is 0 Å². The van der Waals surface area contributed by atoms with Crippen LogP contribution in [-0.2, 0) is 4.74 Å². The third kappa shape index (κ3) is 5.39. The Labute approximate surface area is 102 Å². The number of hydrogen-bond acceptors (Lipinski definition) is 3. The SMILES string of the molecule is COCCCOc1ccccc1C#CCCO. The molecule has 0 aliphatic rings. The first-order chi connectivity index (χ1) is 8.38.